The number of nitrogens with one attached hydrogen (secondary N) is 4. The second kappa shape index (κ2) is 14.0. The lowest BCUT2D eigenvalue weighted by Gasteiger charge is -2.27. The first-order valence-electron chi connectivity index (χ1n) is 14.6. The summed E-state index contributed by atoms with van der Waals surface area (Å²) in [6.45, 7) is 8.99. The average Bonchev–Trinajstić information content (AvgIpc) is 3.32. The fourth-order valence-electron chi connectivity index (χ4n) is 4.98. The molecule has 13 heteroatoms. The lowest BCUT2D eigenvalue weighted by atomic mass is 9.86. The predicted molar refractivity (Wildman–Crippen MR) is 170 cm³/mol. The molecule has 10 nitrogen and oxygen atoms in total. The number of hydrogen-bond acceptors (Lipinski definition) is 7. The van der Waals surface area contributed by atoms with Crippen LogP contribution in [0, 0.1) is 5.95 Å². The summed E-state index contributed by atoms with van der Waals surface area (Å²) in [5, 5.41) is 8.89. The zero-order chi connectivity index (χ0) is 32.1. The standard InChI is InChI=1S/C31H40FN5O5S2/c1-19(2)42-30(39)35-22-13-11-21(12-14-22)28-36-27(32)26(43-28)24-16-15-23(17-25(24)44(40,41)37-31(3,4)5)34-29(38)33-18-20-9-7-6-8-10-20/h6-10,15-17,19,21-22,37H,11-14,18H2,1-5H3,(H,35,39)(H2,33,34,38). The highest BCUT2D eigenvalue weighted by molar-refractivity contribution is 7.89. The van der Waals surface area contributed by atoms with Crippen molar-refractivity contribution < 1.29 is 27.1 Å². The van der Waals surface area contributed by atoms with Crippen LogP contribution < -0.4 is 20.7 Å². The van der Waals surface area contributed by atoms with Crippen LogP contribution in [0.5, 0.6) is 0 Å². The van der Waals surface area contributed by atoms with Crippen molar-refractivity contribution in [3.05, 3.63) is 65.0 Å². The zero-order valence-electron chi connectivity index (χ0n) is 25.6. The van der Waals surface area contributed by atoms with Gasteiger partial charge in [0.1, 0.15) is 0 Å². The molecule has 0 aliphatic heterocycles. The molecule has 1 heterocycles. The SMILES string of the molecule is CC(C)OC(=O)NC1CCC(c2nc(F)c(-c3ccc(NC(=O)NCc4ccccc4)cc3S(=O)(=O)NC(C)(C)C)s2)CC1. The number of anilines is 1. The van der Waals surface area contributed by atoms with Crippen molar-refractivity contribution in [2.75, 3.05) is 5.32 Å². The highest BCUT2D eigenvalue weighted by Gasteiger charge is 2.31. The molecule has 4 rings (SSSR count). The number of thiazole rings is 1. The quantitative estimate of drug-likeness (QED) is 0.209. The van der Waals surface area contributed by atoms with Gasteiger partial charge in [-0.1, -0.05) is 30.3 Å². The summed E-state index contributed by atoms with van der Waals surface area (Å²) in [5.74, 6) is -0.774. The molecule has 3 aromatic rings. The van der Waals surface area contributed by atoms with Crippen LogP contribution in [0.2, 0.25) is 0 Å². The lowest BCUT2D eigenvalue weighted by Crippen LogP contribution is -2.40. The summed E-state index contributed by atoms with van der Waals surface area (Å²) in [5.41, 5.74) is 0.495. The van der Waals surface area contributed by atoms with E-state index in [-0.39, 0.29) is 45.6 Å². The van der Waals surface area contributed by atoms with Gasteiger partial charge in [0, 0.05) is 35.3 Å². The van der Waals surface area contributed by atoms with Gasteiger partial charge >= 0.3 is 12.1 Å². The van der Waals surface area contributed by atoms with Crippen LogP contribution >= 0.6 is 11.3 Å². The smallest absolute Gasteiger partial charge is 0.407 e. The predicted octanol–water partition coefficient (Wildman–Crippen LogP) is 6.51. The Hall–Kier alpha value is -3.55. The first-order valence-corrected chi connectivity index (χ1v) is 16.9. The molecule has 44 heavy (non-hydrogen) atoms. The van der Waals surface area contributed by atoms with Gasteiger partial charge in [0.25, 0.3) is 0 Å². The van der Waals surface area contributed by atoms with E-state index in [0.717, 1.165) is 16.9 Å². The average molecular weight is 646 g/mol. The van der Waals surface area contributed by atoms with E-state index in [1.54, 1.807) is 40.7 Å². The summed E-state index contributed by atoms with van der Waals surface area (Å²) >= 11 is 1.13. The second-order valence-electron chi connectivity index (χ2n) is 12.2. The van der Waals surface area contributed by atoms with Crippen molar-refractivity contribution in [3.8, 4) is 10.4 Å². The van der Waals surface area contributed by atoms with E-state index in [1.807, 2.05) is 30.3 Å². The summed E-state index contributed by atoms with van der Waals surface area (Å²) in [6, 6.07) is 13.2. The number of carbonyl (C=O) groups excluding carboxylic acids is 2. The van der Waals surface area contributed by atoms with Crippen molar-refractivity contribution in [2.45, 2.75) is 95.3 Å². The second-order valence-corrected chi connectivity index (χ2v) is 14.9. The molecule has 238 valence electrons. The highest BCUT2D eigenvalue weighted by atomic mass is 32.2. The number of ether oxygens (including phenoxy) is 1. The topological polar surface area (TPSA) is 139 Å². The van der Waals surface area contributed by atoms with Crippen LogP contribution in [-0.2, 0) is 21.3 Å². The molecule has 0 spiro atoms. The van der Waals surface area contributed by atoms with Gasteiger partial charge in [-0.15, -0.1) is 11.3 Å². The molecule has 1 fully saturated rings. The lowest BCUT2D eigenvalue weighted by molar-refractivity contribution is 0.109. The van der Waals surface area contributed by atoms with E-state index >= 15 is 4.39 Å². The maximum absolute atomic E-state index is 15.4. The molecule has 1 aliphatic rings. The molecule has 0 unspecified atom stereocenters. The van der Waals surface area contributed by atoms with Crippen molar-refractivity contribution in [3.63, 3.8) is 0 Å². The Balaban J connectivity index is 1.55. The number of amides is 3. The summed E-state index contributed by atoms with van der Waals surface area (Å²) < 4.78 is 50.4. The van der Waals surface area contributed by atoms with Gasteiger partial charge in [-0.3, -0.25) is 0 Å². The number of aromatic nitrogens is 1. The Morgan fingerprint density at radius 2 is 1.75 bits per heavy atom. The Morgan fingerprint density at radius 3 is 2.39 bits per heavy atom. The Labute approximate surface area is 262 Å². The zero-order valence-corrected chi connectivity index (χ0v) is 27.2. The van der Waals surface area contributed by atoms with Gasteiger partial charge in [0.05, 0.1) is 20.9 Å². The number of halogens is 1. The normalized spacial score (nSPS) is 17.2. The van der Waals surface area contributed by atoms with Crippen LogP contribution in [0.25, 0.3) is 10.4 Å². The van der Waals surface area contributed by atoms with Crippen molar-refractivity contribution in [2.24, 2.45) is 0 Å². The molecule has 2 aromatic carbocycles. The Kier molecular flexibility index (Phi) is 10.6. The first-order chi connectivity index (χ1) is 20.7. The van der Waals surface area contributed by atoms with Gasteiger partial charge in [-0.2, -0.15) is 4.39 Å². The minimum Gasteiger partial charge on any atom is -0.447 e. The number of nitrogens with zero attached hydrogens (tertiary/aromatic N) is 1. The third kappa shape index (κ3) is 9.23. The summed E-state index contributed by atoms with van der Waals surface area (Å²) in [7, 11) is -4.13. The maximum atomic E-state index is 15.4. The van der Waals surface area contributed by atoms with Gasteiger partial charge in [-0.25, -0.2) is 27.7 Å². The molecule has 1 saturated carbocycles. The molecule has 0 atom stereocenters. The van der Waals surface area contributed by atoms with E-state index < -0.39 is 33.6 Å². The number of sulfonamides is 1. The molecule has 0 bridgehead atoms. The van der Waals surface area contributed by atoms with E-state index in [1.165, 1.54) is 12.1 Å². The molecule has 3 amide bonds. The van der Waals surface area contributed by atoms with E-state index in [2.05, 4.69) is 25.7 Å². The van der Waals surface area contributed by atoms with Crippen molar-refractivity contribution in [1.82, 2.24) is 20.3 Å². The number of rotatable bonds is 9. The minimum atomic E-state index is -4.13. The number of carbonyl (C=O) groups is 2. The number of alkyl carbamates (subject to hydrolysis) is 1. The highest BCUT2D eigenvalue weighted by Crippen LogP contribution is 2.41. The maximum Gasteiger partial charge on any atom is 0.407 e. The molecule has 1 aliphatic carbocycles. The van der Waals surface area contributed by atoms with Crippen LogP contribution in [0.15, 0.2) is 53.4 Å². The van der Waals surface area contributed by atoms with E-state index in [4.69, 9.17) is 4.74 Å². The number of benzene rings is 2. The van der Waals surface area contributed by atoms with Gasteiger partial charge in [0.15, 0.2) is 0 Å². The van der Waals surface area contributed by atoms with Gasteiger partial charge in [-0.05, 0) is 84.1 Å². The number of hydrogen-bond donors (Lipinski definition) is 4. The molecule has 4 N–H and O–H groups in total. The Morgan fingerprint density at radius 1 is 1.07 bits per heavy atom. The summed E-state index contributed by atoms with van der Waals surface area (Å²) in [6.07, 6.45) is 2.10. The first kappa shape index (κ1) is 33.3. The molecule has 0 saturated heterocycles. The molecular formula is C31H40FN5O5S2. The van der Waals surface area contributed by atoms with E-state index in [9.17, 15) is 18.0 Å². The van der Waals surface area contributed by atoms with Crippen LogP contribution in [-0.4, -0.2) is 43.2 Å². The fourth-order valence-corrected chi connectivity index (χ4v) is 7.86. The molecular weight excluding hydrogens is 606 g/mol. The summed E-state index contributed by atoms with van der Waals surface area (Å²) in [4.78, 5) is 28.7. The van der Waals surface area contributed by atoms with Gasteiger partial charge in [0.2, 0.25) is 16.0 Å². The molecule has 0 radical (unpaired) electrons. The largest absolute Gasteiger partial charge is 0.447 e. The third-order valence-electron chi connectivity index (χ3n) is 6.85. The molecule has 1 aromatic heterocycles. The monoisotopic (exact) mass is 645 g/mol. The Bertz CT molecular complexity index is 1560. The fraction of sp³-hybridized carbons (Fsp3) is 0.452. The van der Waals surface area contributed by atoms with E-state index in [0.29, 0.717) is 30.7 Å². The van der Waals surface area contributed by atoms with Crippen LogP contribution in [0.3, 0.4) is 0 Å². The van der Waals surface area contributed by atoms with Crippen molar-refractivity contribution >= 4 is 39.2 Å². The van der Waals surface area contributed by atoms with Gasteiger partial charge < -0.3 is 20.7 Å². The van der Waals surface area contributed by atoms with Crippen molar-refractivity contribution in [1.29, 1.82) is 0 Å². The third-order valence-corrected chi connectivity index (χ3v) is 9.88. The number of urea groups is 1. The minimum absolute atomic E-state index is 0.0237. The van der Waals surface area contributed by atoms with Crippen LogP contribution in [0.1, 0.15) is 76.8 Å². The van der Waals surface area contributed by atoms with Crippen LogP contribution in [0.4, 0.5) is 19.7 Å².